The predicted octanol–water partition coefficient (Wildman–Crippen LogP) is 2.78. The number of ether oxygens (including phenoxy) is 1. The number of nitrogens with zero attached hydrogens (tertiary/aromatic N) is 2. The van der Waals surface area contributed by atoms with E-state index in [1.54, 1.807) is 18.0 Å². The highest BCUT2D eigenvalue weighted by molar-refractivity contribution is 5.98. The van der Waals surface area contributed by atoms with Crippen molar-refractivity contribution in [3.05, 3.63) is 11.9 Å². The zero-order chi connectivity index (χ0) is 13.0. The molecule has 4 nitrogen and oxygen atoms in total. The maximum atomic E-state index is 12.4. The van der Waals surface area contributed by atoms with Crippen LogP contribution in [-0.4, -0.2) is 22.7 Å². The SMILES string of the molecule is CCCn1ncc(OC)c1C(=O)C(C)C(C)C. The zero-order valence-electron chi connectivity index (χ0n) is 11.4. The van der Waals surface area contributed by atoms with E-state index < -0.39 is 0 Å². The number of carbonyl (C=O) groups excluding carboxylic acids is 1. The molecule has 1 unspecified atom stereocenters. The van der Waals surface area contributed by atoms with E-state index in [0.29, 0.717) is 17.4 Å². The molecule has 1 rings (SSSR count). The third-order valence-corrected chi connectivity index (χ3v) is 3.11. The quantitative estimate of drug-likeness (QED) is 0.716. The summed E-state index contributed by atoms with van der Waals surface area (Å²) in [5.74, 6) is 0.993. The van der Waals surface area contributed by atoms with Gasteiger partial charge in [-0.05, 0) is 12.3 Å². The highest BCUT2D eigenvalue weighted by Crippen LogP contribution is 2.24. The lowest BCUT2D eigenvalue weighted by molar-refractivity contribution is 0.0885. The monoisotopic (exact) mass is 238 g/mol. The van der Waals surface area contributed by atoms with Gasteiger partial charge in [-0.3, -0.25) is 9.48 Å². The van der Waals surface area contributed by atoms with Crippen LogP contribution in [0.25, 0.3) is 0 Å². The molecule has 0 aliphatic heterocycles. The van der Waals surface area contributed by atoms with Crippen LogP contribution in [0.1, 0.15) is 44.6 Å². The molecular weight excluding hydrogens is 216 g/mol. The van der Waals surface area contributed by atoms with Gasteiger partial charge in [0.05, 0.1) is 13.3 Å². The Balaban J connectivity index is 3.09. The summed E-state index contributed by atoms with van der Waals surface area (Å²) in [6, 6.07) is 0. The van der Waals surface area contributed by atoms with E-state index in [0.717, 1.165) is 13.0 Å². The van der Waals surface area contributed by atoms with Gasteiger partial charge in [-0.2, -0.15) is 5.10 Å². The van der Waals surface area contributed by atoms with Gasteiger partial charge in [0.1, 0.15) is 5.69 Å². The summed E-state index contributed by atoms with van der Waals surface area (Å²) >= 11 is 0. The van der Waals surface area contributed by atoms with Gasteiger partial charge in [-0.1, -0.05) is 27.7 Å². The van der Waals surface area contributed by atoms with Crippen LogP contribution in [0.2, 0.25) is 0 Å². The molecule has 0 aliphatic carbocycles. The molecule has 0 fully saturated rings. The van der Waals surface area contributed by atoms with Crippen molar-refractivity contribution in [3.63, 3.8) is 0 Å². The normalized spacial score (nSPS) is 12.8. The van der Waals surface area contributed by atoms with Crippen LogP contribution in [0.4, 0.5) is 0 Å². The Labute approximate surface area is 103 Å². The average Bonchev–Trinajstić information content (AvgIpc) is 2.70. The molecule has 0 amide bonds. The Morgan fingerprint density at radius 2 is 2.12 bits per heavy atom. The van der Waals surface area contributed by atoms with E-state index in [2.05, 4.69) is 25.9 Å². The van der Waals surface area contributed by atoms with Gasteiger partial charge < -0.3 is 4.74 Å². The lowest BCUT2D eigenvalue weighted by Crippen LogP contribution is -2.21. The van der Waals surface area contributed by atoms with E-state index in [-0.39, 0.29) is 11.7 Å². The van der Waals surface area contributed by atoms with Gasteiger partial charge in [-0.15, -0.1) is 0 Å². The van der Waals surface area contributed by atoms with Crippen LogP contribution in [0, 0.1) is 11.8 Å². The topological polar surface area (TPSA) is 44.1 Å². The Morgan fingerprint density at radius 1 is 1.47 bits per heavy atom. The van der Waals surface area contributed by atoms with E-state index >= 15 is 0 Å². The van der Waals surface area contributed by atoms with Crippen LogP contribution < -0.4 is 4.74 Å². The predicted molar refractivity (Wildman–Crippen MR) is 67.4 cm³/mol. The minimum Gasteiger partial charge on any atom is -0.493 e. The minimum atomic E-state index is -0.0174. The number of aromatic nitrogens is 2. The number of methoxy groups -OCH3 is 1. The van der Waals surface area contributed by atoms with E-state index in [9.17, 15) is 4.79 Å². The number of carbonyl (C=O) groups is 1. The fourth-order valence-corrected chi connectivity index (χ4v) is 1.67. The summed E-state index contributed by atoms with van der Waals surface area (Å²) < 4.78 is 6.97. The molecule has 96 valence electrons. The summed E-state index contributed by atoms with van der Waals surface area (Å²) in [6.45, 7) is 8.87. The van der Waals surface area contributed by atoms with Gasteiger partial charge >= 0.3 is 0 Å². The number of hydrogen-bond donors (Lipinski definition) is 0. The Hall–Kier alpha value is -1.32. The van der Waals surface area contributed by atoms with Crippen LogP contribution >= 0.6 is 0 Å². The molecule has 0 saturated carbocycles. The summed E-state index contributed by atoms with van der Waals surface area (Å²) in [5.41, 5.74) is 0.607. The standard InChI is InChI=1S/C13H22N2O2/c1-6-7-15-12(11(17-5)8-14-15)13(16)10(4)9(2)3/h8-10H,6-7H2,1-5H3. The maximum Gasteiger partial charge on any atom is 0.187 e. The molecule has 0 aromatic carbocycles. The second-order valence-electron chi connectivity index (χ2n) is 4.68. The van der Waals surface area contributed by atoms with Gasteiger partial charge in [-0.25, -0.2) is 0 Å². The molecular formula is C13H22N2O2. The molecule has 4 heteroatoms. The maximum absolute atomic E-state index is 12.4. The Morgan fingerprint density at radius 3 is 2.59 bits per heavy atom. The van der Waals surface area contributed by atoms with Gasteiger partial charge in [0.25, 0.3) is 0 Å². The van der Waals surface area contributed by atoms with Gasteiger partial charge in [0.2, 0.25) is 0 Å². The van der Waals surface area contributed by atoms with E-state index in [1.807, 2.05) is 6.92 Å². The third kappa shape index (κ3) is 2.87. The number of hydrogen-bond acceptors (Lipinski definition) is 3. The molecule has 1 aromatic heterocycles. The number of rotatable bonds is 6. The van der Waals surface area contributed by atoms with Crippen molar-refractivity contribution in [1.82, 2.24) is 9.78 Å². The highest BCUT2D eigenvalue weighted by Gasteiger charge is 2.25. The molecule has 0 bridgehead atoms. The molecule has 1 atom stereocenters. The molecule has 0 spiro atoms. The second-order valence-corrected chi connectivity index (χ2v) is 4.68. The molecule has 0 aliphatic rings. The number of aryl methyl sites for hydroxylation is 1. The molecule has 17 heavy (non-hydrogen) atoms. The van der Waals surface area contributed by atoms with Crippen molar-refractivity contribution >= 4 is 5.78 Å². The number of Topliss-reactive ketones (excluding diaryl/α,β-unsaturated/α-hetero) is 1. The summed E-state index contributed by atoms with van der Waals surface area (Å²) in [5, 5.41) is 4.21. The Bertz CT molecular complexity index is 383. The first-order valence-corrected chi connectivity index (χ1v) is 6.16. The number of ketones is 1. The fraction of sp³-hybridized carbons (Fsp3) is 0.692. The van der Waals surface area contributed by atoms with Crippen LogP contribution in [0.3, 0.4) is 0 Å². The lowest BCUT2D eigenvalue weighted by atomic mass is 9.92. The highest BCUT2D eigenvalue weighted by atomic mass is 16.5. The Kier molecular flexibility index (Phi) is 4.73. The minimum absolute atomic E-state index is 0.0174. The first-order valence-electron chi connectivity index (χ1n) is 6.16. The third-order valence-electron chi connectivity index (χ3n) is 3.11. The smallest absolute Gasteiger partial charge is 0.187 e. The second kappa shape index (κ2) is 5.84. The summed E-state index contributed by atoms with van der Waals surface area (Å²) in [6.07, 6.45) is 2.57. The van der Waals surface area contributed by atoms with Crippen molar-refractivity contribution in [1.29, 1.82) is 0 Å². The zero-order valence-corrected chi connectivity index (χ0v) is 11.4. The van der Waals surface area contributed by atoms with Crippen LogP contribution in [-0.2, 0) is 6.54 Å². The van der Waals surface area contributed by atoms with Crippen LogP contribution in [0.5, 0.6) is 5.75 Å². The first-order chi connectivity index (χ1) is 8.02. The summed E-state index contributed by atoms with van der Waals surface area (Å²) in [4.78, 5) is 12.4. The van der Waals surface area contributed by atoms with Crippen LogP contribution in [0.15, 0.2) is 6.20 Å². The van der Waals surface area contributed by atoms with E-state index in [4.69, 9.17) is 4.74 Å². The lowest BCUT2D eigenvalue weighted by Gasteiger charge is -2.15. The van der Waals surface area contributed by atoms with Gasteiger partial charge in [0, 0.05) is 12.5 Å². The van der Waals surface area contributed by atoms with Gasteiger partial charge in [0.15, 0.2) is 11.5 Å². The van der Waals surface area contributed by atoms with E-state index in [1.165, 1.54) is 0 Å². The van der Waals surface area contributed by atoms with Crippen molar-refractivity contribution in [2.24, 2.45) is 11.8 Å². The molecule has 1 heterocycles. The largest absolute Gasteiger partial charge is 0.493 e. The summed E-state index contributed by atoms with van der Waals surface area (Å²) in [7, 11) is 1.57. The molecule has 0 radical (unpaired) electrons. The average molecular weight is 238 g/mol. The molecule has 0 N–H and O–H groups in total. The van der Waals surface area contributed by atoms with Crippen molar-refractivity contribution < 1.29 is 9.53 Å². The van der Waals surface area contributed by atoms with Crippen molar-refractivity contribution in [2.45, 2.75) is 40.7 Å². The fourth-order valence-electron chi connectivity index (χ4n) is 1.67. The van der Waals surface area contributed by atoms with Crippen molar-refractivity contribution in [3.8, 4) is 5.75 Å². The molecule has 1 aromatic rings. The first kappa shape index (κ1) is 13.7. The van der Waals surface area contributed by atoms with Crippen molar-refractivity contribution in [2.75, 3.05) is 7.11 Å². The molecule has 0 saturated heterocycles.